The summed E-state index contributed by atoms with van der Waals surface area (Å²) < 4.78 is 0. The third kappa shape index (κ3) is 2.93. The van der Waals surface area contributed by atoms with Gasteiger partial charge in [0.15, 0.2) is 0 Å². The van der Waals surface area contributed by atoms with Crippen molar-refractivity contribution < 1.29 is 14.7 Å². The number of aliphatic carboxylic acids is 1. The standard InChI is InChI=1S/C19H21NO3/c1-12-9-17(19(22)23)10-13(2)20(12)18(21)16-8-7-14-5-3-4-6-15(14)11-16/h3-8,11-13,17H,9-10H2,1-2H3,(H,22,23). The van der Waals surface area contributed by atoms with Gasteiger partial charge in [-0.05, 0) is 49.6 Å². The molecule has 0 radical (unpaired) electrons. The number of carboxylic acid groups (broad SMARTS) is 1. The second-order valence-electron chi connectivity index (χ2n) is 6.48. The molecule has 0 aromatic heterocycles. The molecule has 4 heteroatoms. The van der Waals surface area contributed by atoms with Gasteiger partial charge in [-0.3, -0.25) is 9.59 Å². The molecule has 1 saturated heterocycles. The lowest BCUT2D eigenvalue weighted by molar-refractivity contribution is -0.144. The summed E-state index contributed by atoms with van der Waals surface area (Å²) >= 11 is 0. The SMILES string of the molecule is CC1CC(C(=O)O)CC(C)N1C(=O)c1ccc2ccccc2c1. The second kappa shape index (κ2) is 6.03. The molecule has 1 amide bonds. The number of carbonyl (C=O) groups excluding carboxylic acids is 1. The minimum absolute atomic E-state index is 0.0143. The highest BCUT2D eigenvalue weighted by Gasteiger charge is 2.37. The molecule has 3 rings (SSSR count). The predicted molar refractivity (Wildman–Crippen MR) is 89.4 cm³/mol. The van der Waals surface area contributed by atoms with Crippen molar-refractivity contribution in [1.29, 1.82) is 0 Å². The Kier molecular flexibility index (Phi) is 4.07. The van der Waals surface area contributed by atoms with Crippen molar-refractivity contribution in [2.45, 2.75) is 38.8 Å². The zero-order chi connectivity index (χ0) is 16.6. The summed E-state index contributed by atoms with van der Waals surface area (Å²) in [6.07, 6.45) is 1.03. The van der Waals surface area contributed by atoms with E-state index >= 15 is 0 Å². The van der Waals surface area contributed by atoms with Gasteiger partial charge in [0.05, 0.1) is 5.92 Å². The van der Waals surface area contributed by atoms with Crippen molar-refractivity contribution >= 4 is 22.6 Å². The van der Waals surface area contributed by atoms with Crippen LogP contribution < -0.4 is 0 Å². The van der Waals surface area contributed by atoms with Crippen LogP contribution in [0.4, 0.5) is 0 Å². The lowest BCUT2D eigenvalue weighted by Gasteiger charge is -2.41. The number of carbonyl (C=O) groups is 2. The zero-order valence-electron chi connectivity index (χ0n) is 13.4. The topological polar surface area (TPSA) is 57.6 Å². The van der Waals surface area contributed by atoms with Crippen molar-refractivity contribution in [1.82, 2.24) is 4.90 Å². The van der Waals surface area contributed by atoms with E-state index in [0.29, 0.717) is 18.4 Å². The zero-order valence-corrected chi connectivity index (χ0v) is 13.4. The fraction of sp³-hybridized carbons (Fsp3) is 0.368. The van der Waals surface area contributed by atoms with Crippen LogP contribution in [0.1, 0.15) is 37.0 Å². The van der Waals surface area contributed by atoms with E-state index in [1.54, 1.807) is 0 Å². The van der Waals surface area contributed by atoms with Crippen LogP contribution in [-0.4, -0.2) is 34.0 Å². The van der Waals surface area contributed by atoms with Crippen molar-refractivity contribution in [2.75, 3.05) is 0 Å². The molecule has 2 unspecified atom stereocenters. The molecule has 2 aromatic rings. The number of rotatable bonds is 2. The Morgan fingerprint density at radius 3 is 2.22 bits per heavy atom. The van der Waals surface area contributed by atoms with E-state index in [1.165, 1.54) is 0 Å². The van der Waals surface area contributed by atoms with Crippen LogP contribution in [-0.2, 0) is 4.79 Å². The van der Waals surface area contributed by atoms with Gasteiger partial charge in [0.25, 0.3) is 5.91 Å². The minimum atomic E-state index is -0.762. The van der Waals surface area contributed by atoms with Gasteiger partial charge in [-0.1, -0.05) is 30.3 Å². The molecule has 0 aliphatic carbocycles. The third-order valence-corrected chi connectivity index (χ3v) is 4.78. The largest absolute Gasteiger partial charge is 0.481 e. The van der Waals surface area contributed by atoms with Gasteiger partial charge in [-0.25, -0.2) is 0 Å². The lowest BCUT2D eigenvalue weighted by Crippen LogP contribution is -2.51. The van der Waals surface area contributed by atoms with Crippen molar-refractivity contribution in [3.05, 3.63) is 48.0 Å². The van der Waals surface area contributed by atoms with Gasteiger partial charge in [0.1, 0.15) is 0 Å². The maximum atomic E-state index is 12.9. The maximum Gasteiger partial charge on any atom is 0.306 e. The molecular weight excluding hydrogens is 290 g/mol. The number of nitrogens with zero attached hydrogens (tertiary/aromatic N) is 1. The molecule has 1 aliphatic heterocycles. The fourth-order valence-corrected chi connectivity index (χ4v) is 3.65. The quantitative estimate of drug-likeness (QED) is 0.922. The van der Waals surface area contributed by atoms with Gasteiger partial charge in [0, 0.05) is 17.6 Å². The van der Waals surface area contributed by atoms with Gasteiger partial charge >= 0.3 is 5.97 Å². The number of fused-ring (bicyclic) bond motifs is 1. The molecule has 0 saturated carbocycles. The van der Waals surface area contributed by atoms with Gasteiger partial charge in [0.2, 0.25) is 0 Å². The first-order chi connectivity index (χ1) is 11.0. The van der Waals surface area contributed by atoms with E-state index in [1.807, 2.05) is 61.2 Å². The van der Waals surface area contributed by atoms with E-state index in [-0.39, 0.29) is 23.9 Å². The highest BCUT2D eigenvalue weighted by atomic mass is 16.4. The van der Waals surface area contributed by atoms with Crippen LogP contribution in [0, 0.1) is 5.92 Å². The summed E-state index contributed by atoms with van der Waals surface area (Å²) in [5.41, 5.74) is 0.663. The Hall–Kier alpha value is -2.36. The van der Waals surface area contributed by atoms with E-state index in [9.17, 15) is 14.7 Å². The van der Waals surface area contributed by atoms with Crippen LogP contribution in [0.5, 0.6) is 0 Å². The van der Waals surface area contributed by atoms with Crippen molar-refractivity contribution in [2.24, 2.45) is 5.92 Å². The number of hydrogen-bond acceptors (Lipinski definition) is 2. The molecule has 1 aliphatic rings. The summed E-state index contributed by atoms with van der Waals surface area (Å²) in [6.45, 7) is 3.87. The number of piperidine rings is 1. The summed E-state index contributed by atoms with van der Waals surface area (Å²) in [5, 5.41) is 11.4. The number of amides is 1. The number of hydrogen-bond donors (Lipinski definition) is 1. The van der Waals surface area contributed by atoms with Gasteiger partial charge < -0.3 is 10.0 Å². The summed E-state index contributed by atoms with van der Waals surface area (Å²) in [5.74, 6) is -1.14. The molecule has 1 heterocycles. The van der Waals surface area contributed by atoms with E-state index in [2.05, 4.69) is 0 Å². The molecule has 4 nitrogen and oxygen atoms in total. The van der Waals surface area contributed by atoms with Crippen LogP contribution >= 0.6 is 0 Å². The maximum absolute atomic E-state index is 12.9. The van der Waals surface area contributed by atoms with Crippen LogP contribution in [0.2, 0.25) is 0 Å². The molecular formula is C19H21NO3. The number of benzene rings is 2. The molecule has 23 heavy (non-hydrogen) atoms. The normalized spacial score (nSPS) is 24.6. The van der Waals surface area contributed by atoms with Crippen molar-refractivity contribution in [3.8, 4) is 0 Å². The highest BCUT2D eigenvalue weighted by molar-refractivity contribution is 5.99. The summed E-state index contributed by atoms with van der Waals surface area (Å²) in [7, 11) is 0. The van der Waals surface area contributed by atoms with Crippen LogP contribution in [0.3, 0.4) is 0 Å². The second-order valence-corrected chi connectivity index (χ2v) is 6.48. The number of likely N-dealkylation sites (tertiary alicyclic amines) is 1. The average Bonchev–Trinajstić information content (AvgIpc) is 2.53. The monoisotopic (exact) mass is 311 g/mol. The summed E-state index contributed by atoms with van der Waals surface area (Å²) in [6, 6.07) is 13.5. The molecule has 0 bridgehead atoms. The van der Waals surface area contributed by atoms with Crippen molar-refractivity contribution in [3.63, 3.8) is 0 Å². The van der Waals surface area contributed by atoms with E-state index < -0.39 is 5.97 Å². The first-order valence-corrected chi connectivity index (χ1v) is 8.01. The summed E-state index contributed by atoms with van der Waals surface area (Å²) in [4.78, 5) is 26.0. The molecule has 2 aromatic carbocycles. The molecule has 1 fully saturated rings. The molecule has 2 atom stereocenters. The smallest absolute Gasteiger partial charge is 0.306 e. The Bertz CT molecular complexity index is 743. The van der Waals surface area contributed by atoms with E-state index in [4.69, 9.17) is 0 Å². The first-order valence-electron chi connectivity index (χ1n) is 8.01. The Morgan fingerprint density at radius 2 is 1.61 bits per heavy atom. The predicted octanol–water partition coefficient (Wildman–Crippen LogP) is 3.55. The Labute approximate surface area is 135 Å². The third-order valence-electron chi connectivity index (χ3n) is 4.78. The average molecular weight is 311 g/mol. The minimum Gasteiger partial charge on any atom is -0.481 e. The first kappa shape index (κ1) is 15.5. The van der Waals surface area contributed by atoms with Gasteiger partial charge in [-0.15, -0.1) is 0 Å². The Balaban J connectivity index is 1.87. The highest BCUT2D eigenvalue weighted by Crippen LogP contribution is 2.30. The fourth-order valence-electron chi connectivity index (χ4n) is 3.65. The van der Waals surface area contributed by atoms with Crippen LogP contribution in [0.15, 0.2) is 42.5 Å². The lowest BCUT2D eigenvalue weighted by atomic mass is 9.86. The molecule has 1 N–H and O–H groups in total. The molecule has 0 spiro atoms. The van der Waals surface area contributed by atoms with Gasteiger partial charge in [-0.2, -0.15) is 0 Å². The van der Waals surface area contributed by atoms with E-state index in [0.717, 1.165) is 10.8 Å². The number of carboxylic acids is 1. The van der Waals surface area contributed by atoms with Crippen LogP contribution in [0.25, 0.3) is 10.8 Å². The molecule has 120 valence electrons. The Morgan fingerprint density at radius 1 is 1.00 bits per heavy atom.